The maximum Gasteiger partial charge on any atom is 0.338 e. The Morgan fingerprint density at radius 1 is 1.09 bits per heavy atom. The minimum Gasteiger partial charge on any atom is -0.497 e. The second kappa shape index (κ2) is 10.2. The number of methoxy groups -OCH3 is 3. The Hall–Kier alpha value is -3.79. The van der Waals surface area contributed by atoms with Crippen molar-refractivity contribution >= 4 is 34.5 Å². The summed E-state index contributed by atoms with van der Waals surface area (Å²) in [7, 11) is 4.41. The third-order valence-electron chi connectivity index (χ3n) is 5.57. The quantitative estimate of drug-likeness (QED) is 0.559. The van der Waals surface area contributed by atoms with Crippen molar-refractivity contribution in [3.8, 4) is 11.5 Å². The van der Waals surface area contributed by atoms with Gasteiger partial charge in [-0.05, 0) is 54.3 Å². The van der Waals surface area contributed by atoms with Crippen LogP contribution < -0.4 is 14.8 Å². The molecule has 2 aromatic carbocycles. The Bertz CT molecular complexity index is 1230. The van der Waals surface area contributed by atoms with Gasteiger partial charge in [0.1, 0.15) is 17.3 Å². The normalized spacial score (nSPS) is 16.8. The van der Waals surface area contributed by atoms with Crippen LogP contribution in [0.1, 0.15) is 24.9 Å². The highest BCUT2D eigenvalue weighted by Gasteiger charge is 2.41. The molecule has 1 amide bonds. The van der Waals surface area contributed by atoms with Crippen molar-refractivity contribution < 1.29 is 28.2 Å². The van der Waals surface area contributed by atoms with Crippen LogP contribution in [-0.2, 0) is 14.3 Å². The summed E-state index contributed by atoms with van der Waals surface area (Å²) in [6, 6.07) is 10.3. The molecule has 0 aliphatic carbocycles. The predicted molar refractivity (Wildman–Crippen MR) is 132 cm³/mol. The molecule has 2 aromatic rings. The molecule has 1 N–H and O–H groups in total. The number of fused-ring (bicyclic) bond motifs is 1. The van der Waals surface area contributed by atoms with Crippen LogP contribution in [0.15, 0.2) is 69.8 Å². The van der Waals surface area contributed by atoms with E-state index in [4.69, 9.17) is 14.2 Å². The first-order valence-corrected chi connectivity index (χ1v) is 11.5. The molecule has 0 aromatic heterocycles. The number of rotatable bonds is 7. The third kappa shape index (κ3) is 5.02. The lowest BCUT2D eigenvalue weighted by Crippen LogP contribution is -2.37. The molecule has 0 fully saturated rings. The Balaban J connectivity index is 1.71. The molecule has 1 unspecified atom stereocenters. The lowest BCUT2D eigenvalue weighted by molar-refractivity contribution is -0.136. The lowest BCUT2D eigenvalue weighted by atomic mass is 9.93. The van der Waals surface area contributed by atoms with Crippen LogP contribution >= 0.6 is 11.8 Å². The van der Waals surface area contributed by atoms with Gasteiger partial charge in [0, 0.05) is 17.5 Å². The molecule has 1 atom stereocenters. The first kappa shape index (κ1) is 24.3. The number of carbonyl (C=O) groups is 2. The maximum atomic E-state index is 13.2. The fourth-order valence-electron chi connectivity index (χ4n) is 3.95. The summed E-state index contributed by atoms with van der Waals surface area (Å²) in [6.07, 6.45) is 0.00843. The number of amidine groups is 1. The predicted octanol–water partition coefficient (Wildman–Crippen LogP) is 4.62. The van der Waals surface area contributed by atoms with Crippen molar-refractivity contribution in [3.63, 3.8) is 0 Å². The van der Waals surface area contributed by atoms with Gasteiger partial charge in [-0.25, -0.2) is 14.2 Å². The van der Waals surface area contributed by atoms with Crippen molar-refractivity contribution in [1.29, 1.82) is 0 Å². The number of ether oxygens (including phenoxy) is 3. The maximum absolute atomic E-state index is 13.2. The number of hydrogen-bond donors (Lipinski definition) is 1. The van der Waals surface area contributed by atoms with Gasteiger partial charge in [-0.15, -0.1) is 0 Å². The zero-order chi connectivity index (χ0) is 25.1. The summed E-state index contributed by atoms with van der Waals surface area (Å²) in [5.41, 5.74) is 2.71. The van der Waals surface area contributed by atoms with Crippen molar-refractivity contribution in [2.45, 2.75) is 19.4 Å². The number of esters is 1. The number of hydrogen-bond acceptors (Lipinski definition) is 8. The van der Waals surface area contributed by atoms with E-state index in [2.05, 4.69) is 10.3 Å². The van der Waals surface area contributed by atoms with Gasteiger partial charge in [-0.2, -0.15) is 0 Å². The molecule has 8 nitrogen and oxygen atoms in total. The summed E-state index contributed by atoms with van der Waals surface area (Å²) in [5.74, 6) is -0.101. The molecule has 0 saturated carbocycles. The molecule has 2 heterocycles. The summed E-state index contributed by atoms with van der Waals surface area (Å²) in [6.45, 7) is 1.75. The van der Waals surface area contributed by atoms with Crippen LogP contribution in [0.5, 0.6) is 11.5 Å². The minimum atomic E-state index is -0.626. The molecule has 0 radical (unpaired) electrons. The van der Waals surface area contributed by atoms with Gasteiger partial charge in [0.05, 0.1) is 45.1 Å². The standard InChI is InChI=1S/C25H24FN3O5S/c1-14-22(24(31)34-4)23(15-9-19(32-2)12-20(10-15)33-3)29-18(13-35-25(29)27-14)11-21(30)28-17-7-5-16(26)6-8-17/h5-10,12-13,23H,11H2,1-4H3,(H,28,30). The second-order valence-electron chi connectivity index (χ2n) is 7.76. The lowest BCUT2D eigenvalue weighted by Gasteiger charge is -2.36. The molecule has 2 aliphatic heterocycles. The van der Waals surface area contributed by atoms with Crippen LogP contribution in [0, 0.1) is 5.82 Å². The zero-order valence-electron chi connectivity index (χ0n) is 19.6. The average molecular weight is 498 g/mol. The minimum absolute atomic E-state index is 0.00843. The van der Waals surface area contributed by atoms with Crippen molar-refractivity contribution in [1.82, 2.24) is 4.90 Å². The van der Waals surface area contributed by atoms with Crippen LogP contribution in [0.3, 0.4) is 0 Å². The summed E-state index contributed by atoms with van der Waals surface area (Å²) >= 11 is 1.36. The smallest absolute Gasteiger partial charge is 0.338 e. The molecule has 0 bridgehead atoms. The fraction of sp³-hybridized carbons (Fsp3) is 0.240. The molecule has 35 heavy (non-hydrogen) atoms. The molecular weight excluding hydrogens is 473 g/mol. The number of benzene rings is 2. The van der Waals surface area contributed by atoms with Gasteiger partial charge in [0.15, 0.2) is 5.17 Å². The average Bonchev–Trinajstić information content (AvgIpc) is 3.25. The monoisotopic (exact) mass is 497 g/mol. The molecule has 0 saturated heterocycles. The number of amides is 1. The number of anilines is 1. The summed E-state index contributed by atoms with van der Waals surface area (Å²) in [4.78, 5) is 32.2. The Labute approximate surface area is 206 Å². The highest BCUT2D eigenvalue weighted by atomic mass is 32.2. The molecule has 4 rings (SSSR count). The first-order valence-electron chi connectivity index (χ1n) is 10.7. The van der Waals surface area contributed by atoms with E-state index in [0.717, 1.165) is 0 Å². The molecular formula is C25H24FN3O5S. The Morgan fingerprint density at radius 3 is 2.34 bits per heavy atom. The largest absolute Gasteiger partial charge is 0.497 e. The number of carbonyl (C=O) groups excluding carboxylic acids is 2. The Morgan fingerprint density at radius 2 is 1.74 bits per heavy atom. The van der Waals surface area contributed by atoms with Crippen LogP contribution in [0.25, 0.3) is 0 Å². The van der Waals surface area contributed by atoms with E-state index in [1.54, 1.807) is 27.2 Å². The summed E-state index contributed by atoms with van der Waals surface area (Å²) in [5, 5.41) is 5.24. The van der Waals surface area contributed by atoms with Gasteiger partial charge in [0.2, 0.25) is 5.91 Å². The van der Waals surface area contributed by atoms with Gasteiger partial charge in [0.25, 0.3) is 0 Å². The van der Waals surface area contributed by atoms with E-state index in [-0.39, 0.29) is 18.1 Å². The van der Waals surface area contributed by atoms with Crippen molar-refractivity contribution in [2.75, 3.05) is 26.6 Å². The van der Waals surface area contributed by atoms with Crippen LogP contribution in [0.4, 0.5) is 10.1 Å². The highest BCUT2D eigenvalue weighted by molar-refractivity contribution is 8.16. The van der Waals surface area contributed by atoms with E-state index in [1.807, 2.05) is 22.4 Å². The number of allylic oxidation sites excluding steroid dienone is 1. The topological polar surface area (TPSA) is 89.5 Å². The van der Waals surface area contributed by atoms with Gasteiger partial charge < -0.3 is 24.4 Å². The summed E-state index contributed by atoms with van der Waals surface area (Å²) < 4.78 is 29.2. The van der Waals surface area contributed by atoms with Gasteiger partial charge >= 0.3 is 5.97 Å². The highest BCUT2D eigenvalue weighted by Crippen LogP contribution is 2.46. The van der Waals surface area contributed by atoms with Crippen molar-refractivity contribution in [3.05, 3.63) is 76.2 Å². The number of aliphatic imine (C=N–C) groups is 1. The molecule has 0 spiro atoms. The number of nitrogens with one attached hydrogen (secondary N) is 1. The van der Waals surface area contributed by atoms with Crippen molar-refractivity contribution in [2.24, 2.45) is 4.99 Å². The van der Waals surface area contributed by atoms with E-state index < -0.39 is 12.0 Å². The van der Waals surface area contributed by atoms with E-state index in [9.17, 15) is 14.0 Å². The molecule has 10 heteroatoms. The van der Waals surface area contributed by atoms with Crippen LogP contribution in [-0.4, -0.2) is 43.3 Å². The number of nitrogens with zero attached hydrogens (tertiary/aromatic N) is 2. The second-order valence-corrected chi connectivity index (χ2v) is 8.60. The Kier molecular flexibility index (Phi) is 7.11. The first-order chi connectivity index (χ1) is 16.8. The molecule has 2 aliphatic rings. The molecule has 182 valence electrons. The zero-order valence-corrected chi connectivity index (χ0v) is 20.4. The fourth-order valence-corrected chi connectivity index (χ4v) is 4.91. The van der Waals surface area contributed by atoms with E-state index >= 15 is 0 Å². The van der Waals surface area contributed by atoms with E-state index in [0.29, 0.717) is 44.9 Å². The third-order valence-corrected chi connectivity index (χ3v) is 6.45. The number of thioether (sulfide) groups is 1. The van der Waals surface area contributed by atoms with Gasteiger partial charge in [-0.3, -0.25) is 4.79 Å². The SMILES string of the molecule is COC(=O)C1=C(C)N=C2SC=C(CC(=O)Nc3ccc(F)cc3)N2C1c1cc(OC)cc(OC)c1. The van der Waals surface area contributed by atoms with E-state index in [1.165, 1.54) is 43.1 Å². The van der Waals surface area contributed by atoms with Crippen LogP contribution in [0.2, 0.25) is 0 Å². The number of halogens is 1. The van der Waals surface area contributed by atoms with Gasteiger partial charge in [-0.1, -0.05) is 11.8 Å².